The van der Waals surface area contributed by atoms with Crippen LogP contribution in [0.3, 0.4) is 0 Å². The van der Waals surface area contributed by atoms with Gasteiger partial charge in [0.25, 0.3) is 0 Å². The summed E-state index contributed by atoms with van der Waals surface area (Å²) in [5, 5.41) is 9.61. The lowest BCUT2D eigenvalue weighted by molar-refractivity contribution is -0.0827. The fourth-order valence-corrected chi connectivity index (χ4v) is 2.30. The Labute approximate surface area is 89.9 Å². The lowest BCUT2D eigenvalue weighted by Crippen LogP contribution is -2.21. The molecular weight excluding hydrogens is 192 g/mol. The van der Waals surface area contributed by atoms with Gasteiger partial charge in [-0.25, -0.2) is 4.98 Å². The molecule has 0 amide bonds. The molecule has 0 spiro atoms. The number of aliphatic hydroxyl groups excluding tert-OH is 1. The summed E-state index contributed by atoms with van der Waals surface area (Å²) in [5.41, 5.74) is 1.20. The van der Waals surface area contributed by atoms with Gasteiger partial charge >= 0.3 is 0 Å². The number of hydrogen-bond acceptors (Lipinski definition) is 3. The first-order valence-electron chi connectivity index (χ1n) is 5.47. The molecule has 1 saturated heterocycles. The predicted molar refractivity (Wildman–Crippen MR) is 56.1 cm³/mol. The molecule has 84 valence electrons. The normalized spacial score (nSPS) is 31.0. The molecule has 15 heavy (non-hydrogen) atoms. The smallest absolute Gasteiger partial charge is 0.157 e. The molecule has 4 heteroatoms. The Morgan fingerprint density at radius 3 is 3.07 bits per heavy atom. The van der Waals surface area contributed by atoms with Gasteiger partial charge in [-0.05, 0) is 18.8 Å². The van der Waals surface area contributed by atoms with E-state index in [0.29, 0.717) is 12.5 Å². The van der Waals surface area contributed by atoms with Crippen molar-refractivity contribution in [2.24, 2.45) is 18.9 Å². The molecule has 0 aromatic carbocycles. The molecule has 0 bridgehead atoms. The number of aryl methyl sites for hydroxylation is 1. The number of rotatable bonds is 3. The summed E-state index contributed by atoms with van der Waals surface area (Å²) in [6.45, 7) is 2.75. The Hall–Kier alpha value is -0.870. The molecule has 1 fully saturated rings. The number of hydrogen-bond donors (Lipinski definition) is 1. The first-order chi connectivity index (χ1) is 7.22. The summed E-state index contributed by atoms with van der Waals surface area (Å²) in [4.78, 5) is 4.09. The molecule has 1 unspecified atom stereocenters. The highest BCUT2D eigenvalue weighted by Crippen LogP contribution is 2.30. The minimum atomic E-state index is -0.576. The Morgan fingerprint density at radius 1 is 1.67 bits per heavy atom. The summed E-state index contributed by atoms with van der Waals surface area (Å²) in [5.74, 6) is 0.681. The van der Waals surface area contributed by atoms with Crippen LogP contribution in [0.1, 0.15) is 19.0 Å². The van der Waals surface area contributed by atoms with E-state index in [9.17, 15) is 5.11 Å². The maximum atomic E-state index is 9.61. The Kier molecular flexibility index (Phi) is 3.07. The van der Waals surface area contributed by atoms with E-state index in [1.54, 1.807) is 0 Å². The highest BCUT2D eigenvalue weighted by atomic mass is 16.6. The molecule has 0 saturated carbocycles. The van der Waals surface area contributed by atoms with Crippen molar-refractivity contribution in [1.29, 1.82) is 0 Å². The molecule has 1 N–H and O–H groups in total. The maximum Gasteiger partial charge on any atom is 0.157 e. The van der Waals surface area contributed by atoms with Crippen LogP contribution in [0.25, 0.3) is 0 Å². The zero-order chi connectivity index (χ0) is 10.8. The third-order valence-electron chi connectivity index (χ3n) is 3.31. The molecular formula is C11H18N2O2. The Morgan fingerprint density at radius 2 is 2.47 bits per heavy atom. The van der Waals surface area contributed by atoms with E-state index in [-0.39, 0.29) is 5.92 Å². The van der Waals surface area contributed by atoms with Gasteiger partial charge in [-0.3, -0.25) is 0 Å². The van der Waals surface area contributed by atoms with Crippen molar-refractivity contribution in [3.05, 3.63) is 18.2 Å². The van der Waals surface area contributed by atoms with Crippen LogP contribution in [-0.4, -0.2) is 27.6 Å². The minimum Gasteiger partial charge on any atom is -0.368 e. The van der Waals surface area contributed by atoms with E-state index in [2.05, 4.69) is 11.9 Å². The molecule has 3 atom stereocenters. The van der Waals surface area contributed by atoms with Crippen LogP contribution < -0.4 is 0 Å². The zero-order valence-corrected chi connectivity index (χ0v) is 9.26. The molecule has 2 heterocycles. The van der Waals surface area contributed by atoms with E-state index in [1.165, 1.54) is 5.69 Å². The topological polar surface area (TPSA) is 47.3 Å². The maximum absolute atomic E-state index is 9.61. The number of nitrogens with zero attached hydrogens (tertiary/aromatic N) is 2. The number of imidazole rings is 1. The van der Waals surface area contributed by atoms with Crippen molar-refractivity contribution in [3.63, 3.8) is 0 Å². The first kappa shape index (κ1) is 10.6. The largest absolute Gasteiger partial charge is 0.368 e. The van der Waals surface area contributed by atoms with Crippen LogP contribution in [0.4, 0.5) is 0 Å². The summed E-state index contributed by atoms with van der Waals surface area (Å²) in [6.07, 6.45) is 5.02. The summed E-state index contributed by atoms with van der Waals surface area (Å²) >= 11 is 0. The molecule has 2 rings (SSSR count). The lowest BCUT2D eigenvalue weighted by atomic mass is 9.89. The predicted octanol–water partition coefficient (Wildman–Crippen LogP) is 0.954. The minimum absolute atomic E-state index is 0.264. The average Bonchev–Trinajstić information content (AvgIpc) is 2.76. The molecule has 1 aliphatic heterocycles. The van der Waals surface area contributed by atoms with E-state index in [1.807, 2.05) is 24.1 Å². The van der Waals surface area contributed by atoms with Crippen molar-refractivity contribution in [1.82, 2.24) is 9.55 Å². The average molecular weight is 210 g/mol. The molecule has 0 radical (unpaired) electrons. The standard InChI is InChI=1S/C11H18N2O2/c1-3-10-8(6-15-11(10)14)4-9-5-12-7-13(9)2/h5,7-8,10-11,14H,3-4,6H2,1-2H3/t8-,10-,11?/m0/s1. The number of aliphatic hydroxyl groups is 1. The Balaban J connectivity index is 2.03. The van der Waals surface area contributed by atoms with Gasteiger partial charge in [0.2, 0.25) is 0 Å². The van der Waals surface area contributed by atoms with Gasteiger partial charge in [0, 0.05) is 24.9 Å². The van der Waals surface area contributed by atoms with Crippen molar-refractivity contribution in [2.75, 3.05) is 6.61 Å². The molecule has 0 aliphatic carbocycles. The van der Waals surface area contributed by atoms with Gasteiger partial charge in [-0.1, -0.05) is 6.92 Å². The number of ether oxygens (including phenoxy) is 1. The second kappa shape index (κ2) is 4.33. The van der Waals surface area contributed by atoms with E-state index in [0.717, 1.165) is 12.8 Å². The third-order valence-corrected chi connectivity index (χ3v) is 3.31. The van der Waals surface area contributed by atoms with Gasteiger partial charge < -0.3 is 14.4 Å². The third kappa shape index (κ3) is 2.06. The van der Waals surface area contributed by atoms with Crippen LogP contribution in [0, 0.1) is 11.8 Å². The van der Waals surface area contributed by atoms with Gasteiger partial charge in [0.05, 0.1) is 12.9 Å². The fraction of sp³-hybridized carbons (Fsp3) is 0.727. The van der Waals surface area contributed by atoms with Crippen molar-refractivity contribution < 1.29 is 9.84 Å². The van der Waals surface area contributed by atoms with E-state index >= 15 is 0 Å². The summed E-state index contributed by atoms with van der Waals surface area (Å²) in [6, 6.07) is 0. The van der Waals surface area contributed by atoms with E-state index in [4.69, 9.17) is 4.74 Å². The van der Waals surface area contributed by atoms with Crippen LogP contribution in [0.5, 0.6) is 0 Å². The molecule has 1 aliphatic rings. The van der Waals surface area contributed by atoms with Crippen molar-refractivity contribution >= 4 is 0 Å². The second-order valence-corrected chi connectivity index (χ2v) is 4.26. The van der Waals surface area contributed by atoms with Crippen molar-refractivity contribution in [3.8, 4) is 0 Å². The monoisotopic (exact) mass is 210 g/mol. The van der Waals surface area contributed by atoms with Gasteiger partial charge in [-0.2, -0.15) is 0 Å². The second-order valence-electron chi connectivity index (χ2n) is 4.26. The highest BCUT2D eigenvalue weighted by molar-refractivity contribution is 5.00. The summed E-state index contributed by atoms with van der Waals surface area (Å²) in [7, 11) is 2.00. The van der Waals surface area contributed by atoms with Crippen LogP contribution >= 0.6 is 0 Å². The van der Waals surface area contributed by atoms with E-state index < -0.39 is 6.29 Å². The molecule has 1 aromatic rings. The zero-order valence-electron chi connectivity index (χ0n) is 9.26. The summed E-state index contributed by atoms with van der Waals surface area (Å²) < 4.78 is 7.31. The van der Waals surface area contributed by atoms with Gasteiger partial charge in [0.1, 0.15) is 0 Å². The first-order valence-corrected chi connectivity index (χ1v) is 5.47. The van der Waals surface area contributed by atoms with Gasteiger partial charge in [-0.15, -0.1) is 0 Å². The lowest BCUT2D eigenvalue weighted by Gasteiger charge is -2.17. The molecule has 1 aromatic heterocycles. The SMILES string of the molecule is CC[C@@H]1C(O)OC[C@@H]1Cc1cncn1C. The van der Waals surface area contributed by atoms with Crippen molar-refractivity contribution in [2.45, 2.75) is 26.1 Å². The quantitative estimate of drug-likeness (QED) is 0.808. The van der Waals surface area contributed by atoms with Crippen LogP contribution in [-0.2, 0) is 18.2 Å². The number of aromatic nitrogens is 2. The van der Waals surface area contributed by atoms with Crippen LogP contribution in [0.2, 0.25) is 0 Å². The van der Waals surface area contributed by atoms with Crippen LogP contribution in [0.15, 0.2) is 12.5 Å². The highest BCUT2D eigenvalue weighted by Gasteiger charge is 2.34. The fourth-order valence-electron chi connectivity index (χ4n) is 2.30. The Bertz CT molecular complexity index is 324. The molecule has 4 nitrogen and oxygen atoms in total. The van der Waals surface area contributed by atoms with Gasteiger partial charge in [0.15, 0.2) is 6.29 Å².